The van der Waals surface area contributed by atoms with Crippen LogP contribution in [0.3, 0.4) is 0 Å². The summed E-state index contributed by atoms with van der Waals surface area (Å²) in [5.41, 5.74) is 9.37. The summed E-state index contributed by atoms with van der Waals surface area (Å²) < 4.78 is 5.50. The van der Waals surface area contributed by atoms with Crippen LogP contribution in [0.5, 0.6) is 11.5 Å². The molecule has 2 saturated heterocycles. The minimum atomic E-state index is 0.316. The highest BCUT2D eigenvalue weighted by Gasteiger charge is 2.37. The SMILES string of the molecule is COc1cccc(O)c1CN1CCCC(C2NNCC2c2cccc3ccccc23)C1. The van der Waals surface area contributed by atoms with Gasteiger partial charge in [-0.3, -0.25) is 15.8 Å². The normalized spacial score (nSPS) is 24.5. The molecule has 0 aromatic heterocycles. The Hall–Kier alpha value is -2.60. The van der Waals surface area contributed by atoms with Gasteiger partial charge in [0.15, 0.2) is 0 Å². The van der Waals surface area contributed by atoms with Crippen LogP contribution in [0.1, 0.15) is 29.9 Å². The second kappa shape index (κ2) is 8.87. The molecule has 0 amide bonds. The summed E-state index contributed by atoms with van der Waals surface area (Å²) in [7, 11) is 1.67. The number of fused-ring (bicyclic) bond motifs is 1. The summed E-state index contributed by atoms with van der Waals surface area (Å²) in [4.78, 5) is 2.46. The standard InChI is InChI=1S/C26H31N3O2/c1-31-25-13-5-12-24(30)23(25)17-29-14-6-9-19(16-29)26-22(15-27-28-26)21-11-4-8-18-7-2-3-10-20(18)21/h2-5,7-8,10-13,19,22,26-28,30H,6,9,14-17H2,1H3. The molecule has 2 heterocycles. The Morgan fingerprint density at radius 1 is 1.06 bits per heavy atom. The number of phenols is 1. The van der Waals surface area contributed by atoms with Crippen LogP contribution >= 0.6 is 0 Å². The van der Waals surface area contributed by atoms with Crippen LogP contribution in [0.25, 0.3) is 10.8 Å². The predicted octanol–water partition coefficient (Wildman–Crippen LogP) is 4.03. The van der Waals surface area contributed by atoms with E-state index >= 15 is 0 Å². The third-order valence-corrected chi connectivity index (χ3v) is 7.01. The number of methoxy groups -OCH3 is 1. The first-order valence-electron chi connectivity index (χ1n) is 11.3. The second-order valence-electron chi connectivity index (χ2n) is 8.82. The summed E-state index contributed by atoms with van der Waals surface area (Å²) in [6.07, 6.45) is 2.38. The molecule has 3 unspecified atom stereocenters. The summed E-state index contributed by atoms with van der Waals surface area (Å²) in [5.74, 6) is 2.06. The summed E-state index contributed by atoms with van der Waals surface area (Å²) in [6, 6.07) is 21.3. The molecule has 0 aliphatic carbocycles. The molecule has 31 heavy (non-hydrogen) atoms. The number of nitrogens with one attached hydrogen (secondary N) is 2. The van der Waals surface area contributed by atoms with E-state index < -0.39 is 0 Å². The van der Waals surface area contributed by atoms with Crippen molar-refractivity contribution in [3.63, 3.8) is 0 Å². The first kappa shape index (κ1) is 20.3. The summed E-state index contributed by atoms with van der Waals surface area (Å²) in [6.45, 7) is 3.72. The molecular weight excluding hydrogens is 386 g/mol. The summed E-state index contributed by atoms with van der Waals surface area (Å²) >= 11 is 0. The predicted molar refractivity (Wildman–Crippen MR) is 124 cm³/mol. The van der Waals surface area contributed by atoms with E-state index in [0.29, 0.717) is 30.2 Å². The van der Waals surface area contributed by atoms with Crippen LogP contribution in [-0.4, -0.2) is 42.8 Å². The molecule has 3 N–H and O–H groups in total. The number of piperidine rings is 1. The molecule has 5 rings (SSSR count). The number of rotatable bonds is 5. The van der Waals surface area contributed by atoms with Crippen LogP contribution in [0.2, 0.25) is 0 Å². The smallest absolute Gasteiger partial charge is 0.127 e. The number of hydrogen-bond donors (Lipinski definition) is 3. The molecule has 0 radical (unpaired) electrons. The highest BCUT2D eigenvalue weighted by Crippen LogP contribution is 2.36. The molecule has 2 aliphatic heterocycles. The average molecular weight is 418 g/mol. The van der Waals surface area contributed by atoms with E-state index in [4.69, 9.17) is 4.74 Å². The van der Waals surface area contributed by atoms with Crippen molar-refractivity contribution in [2.45, 2.75) is 31.3 Å². The van der Waals surface area contributed by atoms with Gasteiger partial charge in [-0.1, -0.05) is 48.5 Å². The van der Waals surface area contributed by atoms with E-state index in [0.717, 1.165) is 30.9 Å². The Kier molecular flexibility index (Phi) is 5.81. The van der Waals surface area contributed by atoms with Crippen molar-refractivity contribution in [3.8, 4) is 11.5 Å². The molecule has 3 atom stereocenters. The lowest BCUT2D eigenvalue weighted by atomic mass is 9.80. The van der Waals surface area contributed by atoms with Crippen molar-refractivity contribution in [2.75, 3.05) is 26.7 Å². The van der Waals surface area contributed by atoms with Gasteiger partial charge in [0.25, 0.3) is 0 Å². The number of aromatic hydroxyl groups is 1. The molecule has 0 spiro atoms. The number of hydrogen-bond acceptors (Lipinski definition) is 5. The molecule has 0 bridgehead atoms. The number of benzene rings is 3. The first-order valence-corrected chi connectivity index (χ1v) is 11.3. The van der Waals surface area contributed by atoms with Gasteiger partial charge in [0.2, 0.25) is 0 Å². The van der Waals surface area contributed by atoms with Crippen molar-refractivity contribution in [2.24, 2.45) is 5.92 Å². The van der Waals surface area contributed by atoms with Crippen LogP contribution in [0.15, 0.2) is 60.7 Å². The van der Waals surface area contributed by atoms with Gasteiger partial charge in [0, 0.05) is 37.2 Å². The second-order valence-corrected chi connectivity index (χ2v) is 8.82. The van der Waals surface area contributed by atoms with Crippen molar-refractivity contribution in [3.05, 3.63) is 71.8 Å². The molecular formula is C26H31N3O2. The monoisotopic (exact) mass is 417 g/mol. The lowest BCUT2D eigenvalue weighted by Gasteiger charge is -2.37. The van der Waals surface area contributed by atoms with E-state index in [1.54, 1.807) is 13.2 Å². The maximum atomic E-state index is 10.4. The molecule has 2 aliphatic rings. The minimum absolute atomic E-state index is 0.316. The Morgan fingerprint density at radius 3 is 2.81 bits per heavy atom. The maximum absolute atomic E-state index is 10.4. The molecule has 3 aromatic carbocycles. The number of likely N-dealkylation sites (tertiary alicyclic amines) is 1. The molecule has 0 saturated carbocycles. The van der Waals surface area contributed by atoms with Gasteiger partial charge >= 0.3 is 0 Å². The molecule has 5 nitrogen and oxygen atoms in total. The van der Waals surface area contributed by atoms with Gasteiger partial charge in [-0.15, -0.1) is 0 Å². The van der Waals surface area contributed by atoms with E-state index in [1.165, 1.54) is 29.2 Å². The number of phenolic OH excluding ortho intramolecular Hbond substituents is 1. The fraction of sp³-hybridized carbons (Fsp3) is 0.385. The largest absolute Gasteiger partial charge is 0.507 e. The van der Waals surface area contributed by atoms with Crippen LogP contribution in [-0.2, 0) is 6.54 Å². The highest BCUT2D eigenvalue weighted by molar-refractivity contribution is 5.86. The van der Waals surface area contributed by atoms with Gasteiger partial charge in [-0.2, -0.15) is 0 Å². The van der Waals surface area contributed by atoms with Crippen LogP contribution in [0.4, 0.5) is 0 Å². The lowest BCUT2D eigenvalue weighted by Crippen LogP contribution is -2.46. The zero-order valence-electron chi connectivity index (χ0n) is 18.1. The third kappa shape index (κ3) is 4.01. The number of ether oxygens (including phenoxy) is 1. The van der Waals surface area contributed by atoms with Gasteiger partial charge < -0.3 is 9.84 Å². The molecule has 162 valence electrons. The van der Waals surface area contributed by atoms with E-state index in [9.17, 15) is 5.11 Å². The maximum Gasteiger partial charge on any atom is 0.127 e. The van der Waals surface area contributed by atoms with E-state index in [1.807, 2.05) is 12.1 Å². The summed E-state index contributed by atoms with van der Waals surface area (Å²) in [5, 5.41) is 13.1. The van der Waals surface area contributed by atoms with E-state index in [-0.39, 0.29) is 0 Å². The van der Waals surface area contributed by atoms with Crippen molar-refractivity contribution in [1.82, 2.24) is 15.8 Å². The van der Waals surface area contributed by atoms with Gasteiger partial charge in [0.05, 0.1) is 7.11 Å². The Labute approximate surface area is 184 Å². The minimum Gasteiger partial charge on any atom is -0.507 e. The fourth-order valence-corrected chi connectivity index (χ4v) is 5.49. The average Bonchev–Trinajstić information content (AvgIpc) is 3.30. The number of hydrazine groups is 1. The molecule has 5 heteroatoms. The highest BCUT2D eigenvalue weighted by atomic mass is 16.5. The zero-order chi connectivity index (χ0) is 21.2. The van der Waals surface area contributed by atoms with Gasteiger partial charge in [-0.05, 0) is 53.8 Å². The number of nitrogens with zero attached hydrogens (tertiary/aromatic N) is 1. The first-order chi connectivity index (χ1) is 15.2. The Morgan fingerprint density at radius 2 is 1.90 bits per heavy atom. The topological polar surface area (TPSA) is 56.8 Å². The fourth-order valence-electron chi connectivity index (χ4n) is 5.49. The third-order valence-electron chi connectivity index (χ3n) is 7.01. The van der Waals surface area contributed by atoms with Gasteiger partial charge in [-0.25, -0.2) is 0 Å². The Balaban J connectivity index is 1.36. The van der Waals surface area contributed by atoms with Crippen LogP contribution < -0.4 is 15.6 Å². The van der Waals surface area contributed by atoms with Crippen molar-refractivity contribution >= 4 is 10.8 Å². The lowest BCUT2D eigenvalue weighted by molar-refractivity contribution is 0.137. The quantitative estimate of drug-likeness (QED) is 0.585. The van der Waals surface area contributed by atoms with Crippen LogP contribution in [0, 0.1) is 5.92 Å². The molecule has 2 fully saturated rings. The van der Waals surface area contributed by atoms with E-state index in [2.05, 4.69) is 58.2 Å². The zero-order valence-corrected chi connectivity index (χ0v) is 18.1. The van der Waals surface area contributed by atoms with Crippen molar-refractivity contribution in [1.29, 1.82) is 0 Å². The molecule has 3 aromatic rings. The Bertz CT molecular complexity index is 1050. The van der Waals surface area contributed by atoms with Gasteiger partial charge in [0.1, 0.15) is 11.5 Å². The van der Waals surface area contributed by atoms with Crippen molar-refractivity contribution < 1.29 is 9.84 Å².